The van der Waals surface area contributed by atoms with Crippen molar-refractivity contribution >= 4 is 0 Å². The van der Waals surface area contributed by atoms with Crippen LogP contribution in [0.1, 0.15) is 77.7 Å². The Morgan fingerprint density at radius 2 is 1.87 bits per heavy atom. The van der Waals surface area contributed by atoms with Crippen molar-refractivity contribution < 1.29 is 4.74 Å². The minimum absolute atomic E-state index is 0.193. The summed E-state index contributed by atoms with van der Waals surface area (Å²) in [6.07, 6.45) is 7.71. The van der Waals surface area contributed by atoms with Crippen molar-refractivity contribution in [3.05, 3.63) is 35.9 Å². The van der Waals surface area contributed by atoms with Crippen molar-refractivity contribution in [2.75, 3.05) is 6.61 Å². The average molecular weight is 315 g/mol. The van der Waals surface area contributed by atoms with E-state index in [4.69, 9.17) is 4.74 Å². The molecule has 4 unspecified atom stereocenters. The van der Waals surface area contributed by atoms with Gasteiger partial charge in [-0.25, -0.2) is 0 Å². The van der Waals surface area contributed by atoms with Crippen LogP contribution in [0.3, 0.4) is 0 Å². The van der Waals surface area contributed by atoms with Gasteiger partial charge in [-0.2, -0.15) is 0 Å². The van der Waals surface area contributed by atoms with E-state index in [1.807, 2.05) is 0 Å². The highest BCUT2D eigenvalue weighted by atomic mass is 16.5. The largest absolute Gasteiger partial charge is 0.374 e. The van der Waals surface area contributed by atoms with Crippen LogP contribution in [-0.4, -0.2) is 12.2 Å². The summed E-state index contributed by atoms with van der Waals surface area (Å²) in [5, 5.41) is 0. The third kappa shape index (κ3) is 3.09. The van der Waals surface area contributed by atoms with Crippen LogP contribution in [0.25, 0.3) is 0 Å². The summed E-state index contributed by atoms with van der Waals surface area (Å²) in [4.78, 5) is 0. The highest BCUT2D eigenvalue weighted by molar-refractivity contribution is 5.22. The van der Waals surface area contributed by atoms with E-state index in [1.165, 1.54) is 37.7 Å². The number of fused-ring (bicyclic) bond motifs is 1. The van der Waals surface area contributed by atoms with Crippen molar-refractivity contribution in [2.45, 2.75) is 77.7 Å². The minimum atomic E-state index is 0.193. The Balaban J connectivity index is 1.59. The lowest BCUT2D eigenvalue weighted by atomic mass is 9.88. The van der Waals surface area contributed by atoms with E-state index in [0.717, 1.165) is 24.9 Å². The van der Waals surface area contributed by atoms with E-state index in [2.05, 4.69) is 58.0 Å². The number of hydrogen-bond acceptors (Lipinski definition) is 1. The molecule has 2 fully saturated rings. The lowest BCUT2D eigenvalue weighted by molar-refractivity contribution is -0.0282. The van der Waals surface area contributed by atoms with Crippen LogP contribution in [0.2, 0.25) is 0 Å². The summed E-state index contributed by atoms with van der Waals surface area (Å²) < 4.78 is 6.63. The quantitative estimate of drug-likeness (QED) is 0.583. The predicted octanol–water partition coefficient (Wildman–Crippen LogP) is 6.19. The molecule has 0 bridgehead atoms. The molecule has 0 radical (unpaired) electrons. The lowest BCUT2D eigenvalue weighted by Gasteiger charge is -2.29. The van der Waals surface area contributed by atoms with Crippen LogP contribution in [0, 0.1) is 17.3 Å². The first kappa shape index (κ1) is 17.0. The molecule has 1 heteroatoms. The molecule has 0 spiro atoms. The molecule has 2 aliphatic rings. The van der Waals surface area contributed by atoms with E-state index in [0.29, 0.717) is 11.3 Å². The highest BCUT2D eigenvalue weighted by Crippen LogP contribution is 2.70. The summed E-state index contributed by atoms with van der Waals surface area (Å²) in [5.41, 5.74) is 2.07. The van der Waals surface area contributed by atoms with E-state index in [9.17, 15) is 0 Å². The number of hydrogen-bond donors (Lipinski definition) is 0. The van der Waals surface area contributed by atoms with Gasteiger partial charge in [0.1, 0.15) is 0 Å². The molecule has 128 valence electrons. The van der Waals surface area contributed by atoms with Crippen molar-refractivity contribution in [2.24, 2.45) is 17.3 Å². The summed E-state index contributed by atoms with van der Waals surface area (Å²) in [7, 11) is 0. The minimum Gasteiger partial charge on any atom is -0.374 e. The highest BCUT2D eigenvalue weighted by Gasteiger charge is 2.72. The molecule has 0 aliphatic heterocycles. The normalized spacial score (nSPS) is 33.0. The van der Waals surface area contributed by atoms with Gasteiger partial charge in [-0.15, -0.1) is 0 Å². The fourth-order valence-corrected chi connectivity index (χ4v) is 5.27. The summed E-state index contributed by atoms with van der Waals surface area (Å²) >= 11 is 0. The van der Waals surface area contributed by atoms with Gasteiger partial charge in [0.15, 0.2) is 0 Å². The number of benzene rings is 1. The molecule has 1 nitrogen and oxygen atoms in total. The Hall–Kier alpha value is -0.820. The monoisotopic (exact) mass is 314 g/mol. The first-order valence-corrected chi connectivity index (χ1v) is 9.70. The van der Waals surface area contributed by atoms with E-state index >= 15 is 0 Å². The van der Waals surface area contributed by atoms with Crippen LogP contribution in [0.4, 0.5) is 0 Å². The third-order valence-corrected chi connectivity index (χ3v) is 6.78. The molecule has 0 N–H and O–H groups in total. The van der Waals surface area contributed by atoms with Crippen LogP contribution in [0.5, 0.6) is 0 Å². The molecule has 1 aromatic rings. The van der Waals surface area contributed by atoms with E-state index in [-0.39, 0.29) is 5.60 Å². The summed E-state index contributed by atoms with van der Waals surface area (Å²) in [5.74, 6) is 2.28. The summed E-state index contributed by atoms with van der Waals surface area (Å²) in [6.45, 7) is 10.5. The SMILES string of the molecule is CCCC(CCOC12CC(C)CCC1C2(C)C)c1ccccc1. The molecule has 4 atom stereocenters. The Morgan fingerprint density at radius 3 is 2.57 bits per heavy atom. The molecule has 2 aliphatic carbocycles. The van der Waals surface area contributed by atoms with Crippen LogP contribution in [0.15, 0.2) is 30.3 Å². The zero-order valence-corrected chi connectivity index (χ0v) is 15.5. The Labute approximate surface area is 142 Å². The predicted molar refractivity (Wildman–Crippen MR) is 97.7 cm³/mol. The van der Waals surface area contributed by atoms with Crippen LogP contribution >= 0.6 is 0 Å². The van der Waals surface area contributed by atoms with E-state index < -0.39 is 0 Å². The third-order valence-electron chi connectivity index (χ3n) is 6.78. The van der Waals surface area contributed by atoms with Gasteiger partial charge in [-0.1, -0.05) is 70.9 Å². The van der Waals surface area contributed by atoms with Gasteiger partial charge < -0.3 is 4.74 Å². The second-order valence-electron chi connectivity index (χ2n) is 8.58. The lowest BCUT2D eigenvalue weighted by Crippen LogP contribution is -2.28. The first-order valence-electron chi connectivity index (χ1n) is 9.70. The van der Waals surface area contributed by atoms with Gasteiger partial charge in [0.05, 0.1) is 5.60 Å². The maximum atomic E-state index is 6.63. The molecule has 1 aromatic carbocycles. The van der Waals surface area contributed by atoms with E-state index in [1.54, 1.807) is 0 Å². The zero-order valence-electron chi connectivity index (χ0n) is 15.5. The molecule has 3 rings (SSSR count). The van der Waals surface area contributed by atoms with Crippen molar-refractivity contribution in [3.8, 4) is 0 Å². The maximum Gasteiger partial charge on any atom is 0.0773 e. The fourth-order valence-electron chi connectivity index (χ4n) is 5.27. The Bertz CT molecular complexity index is 506. The second-order valence-corrected chi connectivity index (χ2v) is 8.58. The standard InChI is InChI=1S/C22H34O/c1-5-9-18(19-10-7-6-8-11-19)14-15-23-22-16-17(2)12-13-20(22)21(22,3)4/h6-8,10-11,17-18,20H,5,9,12-16H2,1-4H3. The second kappa shape index (κ2) is 6.59. The van der Waals surface area contributed by atoms with Crippen molar-refractivity contribution in [1.29, 1.82) is 0 Å². The molecular formula is C22H34O. The number of ether oxygens (including phenoxy) is 1. The van der Waals surface area contributed by atoms with Gasteiger partial charge in [0, 0.05) is 6.61 Å². The van der Waals surface area contributed by atoms with Gasteiger partial charge in [0.25, 0.3) is 0 Å². The molecule has 23 heavy (non-hydrogen) atoms. The molecule has 0 amide bonds. The zero-order chi connectivity index (χ0) is 16.5. The molecule has 0 aromatic heterocycles. The van der Waals surface area contributed by atoms with Gasteiger partial charge in [-0.3, -0.25) is 0 Å². The van der Waals surface area contributed by atoms with Crippen LogP contribution in [-0.2, 0) is 4.74 Å². The van der Waals surface area contributed by atoms with Gasteiger partial charge in [0.2, 0.25) is 0 Å². The first-order chi connectivity index (χ1) is 11.0. The maximum absolute atomic E-state index is 6.63. The smallest absolute Gasteiger partial charge is 0.0773 e. The molecule has 2 saturated carbocycles. The van der Waals surface area contributed by atoms with Crippen molar-refractivity contribution in [3.63, 3.8) is 0 Å². The van der Waals surface area contributed by atoms with Crippen LogP contribution < -0.4 is 0 Å². The fraction of sp³-hybridized carbons (Fsp3) is 0.727. The summed E-state index contributed by atoms with van der Waals surface area (Å²) in [6, 6.07) is 11.0. The molecular weight excluding hydrogens is 280 g/mol. The van der Waals surface area contributed by atoms with Gasteiger partial charge in [-0.05, 0) is 54.4 Å². The topological polar surface area (TPSA) is 9.23 Å². The Morgan fingerprint density at radius 1 is 1.13 bits per heavy atom. The van der Waals surface area contributed by atoms with Crippen molar-refractivity contribution in [1.82, 2.24) is 0 Å². The average Bonchev–Trinajstić information content (AvgIpc) is 3.02. The molecule has 0 heterocycles. The number of rotatable bonds is 7. The van der Waals surface area contributed by atoms with Gasteiger partial charge >= 0.3 is 0 Å². The Kier molecular flexibility index (Phi) is 4.88. The molecule has 0 saturated heterocycles.